The van der Waals surface area contributed by atoms with E-state index in [0.29, 0.717) is 18.3 Å². The summed E-state index contributed by atoms with van der Waals surface area (Å²) >= 11 is 0. The van der Waals surface area contributed by atoms with Crippen LogP contribution in [0.3, 0.4) is 0 Å². The molecule has 2 saturated carbocycles. The third-order valence-corrected chi connectivity index (χ3v) is 6.13. The summed E-state index contributed by atoms with van der Waals surface area (Å²) in [5.41, 5.74) is -1.62. The Morgan fingerprint density at radius 3 is 2.80 bits per heavy atom. The van der Waals surface area contributed by atoms with E-state index in [1.54, 1.807) is 0 Å². The molecule has 4 unspecified atom stereocenters. The van der Waals surface area contributed by atoms with Crippen LogP contribution in [0, 0.1) is 11.8 Å². The molecule has 7 nitrogen and oxygen atoms in total. The molecule has 25 heavy (non-hydrogen) atoms. The van der Waals surface area contributed by atoms with Gasteiger partial charge in [-0.25, -0.2) is 4.79 Å². The van der Waals surface area contributed by atoms with Gasteiger partial charge in [-0.05, 0) is 51.4 Å². The van der Waals surface area contributed by atoms with E-state index in [2.05, 4.69) is 4.98 Å². The van der Waals surface area contributed by atoms with E-state index < -0.39 is 23.1 Å². The Bertz CT molecular complexity index is 756. The number of aliphatic hydroxyl groups is 1. The van der Waals surface area contributed by atoms with Crippen LogP contribution in [0.2, 0.25) is 0 Å². The first kappa shape index (κ1) is 17.0. The quantitative estimate of drug-likeness (QED) is 0.831. The minimum atomic E-state index is -0.674. The van der Waals surface area contributed by atoms with Crippen molar-refractivity contribution >= 4 is 0 Å². The summed E-state index contributed by atoms with van der Waals surface area (Å²) in [6.45, 7) is 3.88. The van der Waals surface area contributed by atoms with Gasteiger partial charge >= 0.3 is 5.69 Å². The van der Waals surface area contributed by atoms with Gasteiger partial charge in [0.15, 0.2) is 6.23 Å². The minimum absolute atomic E-state index is 0.0213. The highest BCUT2D eigenvalue weighted by atomic mass is 16.6. The molecule has 3 fully saturated rings. The molecule has 7 heteroatoms. The molecule has 0 amide bonds. The van der Waals surface area contributed by atoms with Crippen LogP contribution in [0.5, 0.6) is 0 Å². The van der Waals surface area contributed by atoms with Gasteiger partial charge in [0.1, 0.15) is 6.10 Å². The van der Waals surface area contributed by atoms with E-state index in [0.717, 1.165) is 19.3 Å². The zero-order chi connectivity index (χ0) is 17.8. The van der Waals surface area contributed by atoms with Crippen LogP contribution in [0.25, 0.3) is 0 Å². The Balaban J connectivity index is 1.52. The van der Waals surface area contributed by atoms with Crippen LogP contribution in [0.15, 0.2) is 21.9 Å². The van der Waals surface area contributed by atoms with Gasteiger partial charge in [-0.1, -0.05) is 0 Å². The van der Waals surface area contributed by atoms with E-state index in [-0.39, 0.29) is 18.3 Å². The van der Waals surface area contributed by atoms with Gasteiger partial charge in [0, 0.05) is 18.7 Å². The summed E-state index contributed by atoms with van der Waals surface area (Å²) in [4.78, 5) is 25.6. The molecule has 2 aliphatic carbocycles. The van der Waals surface area contributed by atoms with Crippen molar-refractivity contribution in [2.45, 2.75) is 76.1 Å². The fourth-order valence-corrected chi connectivity index (χ4v) is 4.76. The molecule has 1 aromatic heterocycles. The molecule has 2 heterocycles. The van der Waals surface area contributed by atoms with Crippen molar-refractivity contribution in [1.82, 2.24) is 9.55 Å². The lowest BCUT2D eigenvalue weighted by molar-refractivity contribution is -0.296. The summed E-state index contributed by atoms with van der Waals surface area (Å²) in [6, 6.07) is 1.30. The lowest BCUT2D eigenvalue weighted by atomic mass is 9.69. The van der Waals surface area contributed by atoms with Crippen molar-refractivity contribution in [3.63, 3.8) is 0 Å². The van der Waals surface area contributed by atoms with Gasteiger partial charge in [-0.2, -0.15) is 0 Å². The summed E-state index contributed by atoms with van der Waals surface area (Å²) in [5.74, 6) is 1.04. The molecular formula is C18H26N2O5. The summed E-state index contributed by atoms with van der Waals surface area (Å²) < 4.78 is 13.3. The molecule has 1 aromatic rings. The van der Waals surface area contributed by atoms with E-state index in [9.17, 15) is 14.7 Å². The van der Waals surface area contributed by atoms with Gasteiger partial charge in [0.05, 0.1) is 17.8 Å². The first-order chi connectivity index (χ1) is 11.9. The maximum absolute atomic E-state index is 12.0. The van der Waals surface area contributed by atoms with E-state index in [1.165, 1.54) is 23.3 Å². The molecule has 0 radical (unpaired) electrons. The van der Waals surface area contributed by atoms with Gasteiger partial charge in [-0.15, -0.1) is 0 Å². The van der Waals surface area contributed by atoms with Crippen molar-refractivity contribution in [2.24, 2.45) is 11.8 Å². The van der Waals surface area contributed by atoms with Crippen molar-refractivity contribution in [3.05, 3.63) is 33.1 Å². The molecule has 2 N–H and O–H groups in total. The van der Waals surface area contributed by atoms with Crippen LogP contribution in [-0.4, -0.2) is 38.6 Å². The standard InChI is InChI=1S/C18H26N2O5/c1-10(2)24-15-13(9-18(23)7-5-11-3-4-12(11)18)25-16(15)20-8-6-14(21)19-17(20)22/h6,8,10-13,15-16,23H,3-5,7,9H2,1-2H3,(H,19,21,22)/t11?,12?,13?,15-,16?,18+/m0/s1. The first-order valence-electron chi connectivity index (χ1n) is 9.22. The fraction of sp³-hybridized carbons (Fsp3) is 0.778. The topological polar surface area (TPSA) is 93.5 Å². The number of nitrogens with zero attached hydrogens (tertiary/aromatic N) is 1. The lowest BCUT2D eigenvalue weighted by Crippen LogP contribution is -2.58. The lowest BCUT2D eigenvalue weighted by Gasteiger charge is -2.49. The second-order valence-electron chi connectivity index (χ2n) is 8.02. The second kappa shape index (κ2) is 6.07. The van der Waals surface area contributed by atoms with Gasteiger partial charge < -0.3 is 14.6 Å². The van der Waals surface area contributed by atoms with Crippen LogP contribution in [0.1, 0.15) is 52.2 Å². The minimum Gasteiger partial charge on any atom is -0.389 e. The van der Waals surface area contributed by atoms with Gasteiger partial charge in [0.25, 0.3) is 5.56 Å². The molecule has 6 atom stereocenters. The maximum atomic E-state index is 12.0. The third-order valence-electron chi connectivity index (χ3n) is 6.13. The Hall–Kier alpha value is -1.44. The fourth-order valence-electron chi connectivity index (χ4n) is 4.76. The number of hydrogen-bond acceptors (Lipinski definition) is 5. The average Bonchev–Trinajstić information content (AvgIpc) is 2.71. The number of aromatic nitrogens is 2. The Labute approximate surface area is 146 Å². The molecular weight excluding hydrogens is 324 g/mol. The van der Waals surface area contributed by atoms with Crippen molar-refractivity contribution in [1.29, 1.82) is 0 Å². The number of nitrogens with one attached hydrogen (secondary N) is 1. The predicted octanol–water partition coefficient (Wildman–Crippen LogP) is 1.17. The monoisotopic (exact) mass is 350 g/mol. The summed E-state index contributed by atoms with van der Waals surface area (Å²) in [6.07, 6.45) is 5.05. The Kier molecular flexibility index (Phi) is 4.13. The molecule has 1 aliphatic heterocycles. The van der Waals surface area contributed by atoms with Crippen LogP contribution in [-0.2, 0) is 9.47 Å². The highest BCUT2D eigenvalue weighted by Gasteiger charge is 2.56. The van der Waals surface area contributed by atoms with E-state index in [4.69, 9.17) is 9.47 Å². The zero-order valence-corrected chi connectivity index (χ0v) is 14.7. The number of ether oxygens (including phenoxy) is 2. The average molecular weight is 350 g/mol. The molecule has 0 spiro atoms. The van der Waals surface area contributed by atoms with Gasteiger partial charge in [0.2, 0.25) is 0 Å². The number of H-pyrrole nitrogens is 1. The molecule has 1 saturated heterocycles. The van der Waals surface area contributed by atoms with Crippen LogP contribution < -0.4 is 11.2 Å². The number of fused-ring (bicyclic) bond motifs is 1. The smallest absolute Gasteiger partial charge is 0.330 e. The highest BCUT2D eigenvalue weighted by Crippen LogP contribution is 2.55. The number of hydrogen-bond donors (Lipinski definition) is 2. The zero-order valence-electron chi connectivity index (χ0n) is 14.7. The second-order valence-corrected chi connectivity index (χ2v) is 8.02. The van der Waals surface area contributed by atoms with Crippen molar-refractivity contribution < 1.29 is 14.6 Å². The Morgan fingerprint density at radius 1 is 1.40 bits per heavy atom. The van der Waals surface area contributed by atoms with E-state index >= 15 is 0 Å². The first-order valence-corrected chi connectivity index (χ1v) is 9.22. The number of aromatic amines is 1. The molecule has 0 aromatic carbocycles. The van der Waals surface area contributed by atoms with Crippen molar-refractivity contribution in [2.75, 3.05) is 0 Å². The largest absolute Gasteiger partial charge is 0.389 e. The molecule has 0 bridgehead atoms. The SMILES string of the molecule is CC(C)O[C@H]1C(C[C@]2(O)CCC3CCC32)OC1n1ccc(=O)[nH]c1=O. The molecule has 138 valence electrons. The van der Waals surface area contributed by atoms with Crippen LogP contribution in [0.4, 0.5) is 0 Å². The summed E-state index contributed by atoms with van der Waals surface area (Å²) in [5, 5.41) is 11.1. The van der Waals surface area contributed by atoms with Gasteiger partial charge in [-0.3, -0.25) is 14.3 Å². The maximum Gasteiger partial charge on any atom is 0.330 e. The van der Waals surface area contributed by atoms with E-state index in [1.807, 2.05) is 13.8 Å². The molecule has 4 rings (SSSR count). The normalized spacial score (nSPS) is 39.8. The Morgan fingerprint density at radius 2 is 2.20 bits per heavy atom. The van der Waals surface area contributed by atoms with Crippen LogP contribution >= 0.6 is 0 Å². The highest BCUT2D eigenvalue weighted by molar-refractivity contribution is 5.06. The van der Waals surface area contributed by atoms with Crippen molar-refractivity contribution in [3.8, 4) is 0 Å². The summed E-state index contributed by atoms with van der Waals surface area (Å²) in [7, 11) is 0. The predicted molar refractivity (Wildman–Crippen MR) is 90.3 cm³/mol. The third kappa shape index (κ3) is 2.88. The molecule has 3 aliphatic rings. The number of rotatable bonds is 5.